The van der Waals surface area contributed by atoms with Crippen molar-refractivity contribution in [3.05, 3.63) is 71.8 Å². The van der Waals surface area contributed by atoms with Crippen LogP contribution in [0.2, 0.25) is 0 Å². The Morgan fingerprint density at radius 2 is 1.84 bits per heavy atom. The number of nitrogens with zero attached hydrogens (tertiary/aromatic N) is 2. The second kappa shape index (κ2) is 7.57. The summed E-state index contributed by atoms with van der Waals surface area (Å²) in [5.74, 6) is 0.352. The zero-order valence-corrected chi connectivity index (χ0v) is 14.2. The minimum absolute atomic E-state index is 0.144. The number of ether oxygens (including phenoxy) is 1. The highest BCUT2D eigenvalue weighted by atomic mass is 16.5. The van der Waals surface area contributed by atoms with E-state index in [1.54, 1.807) is 6.07 Å². The average Bonchev–Trinajstić information content (AvgIpc) is 2.63. The summed E-state index contributed by atoms with van der Waals surface area (Å²) >= 11 is 0. The minimum Gasteiger partial charge on any atom is -0.477 e. The van der Waals surface area contributed by atoms with Gasteiger partial charge >= 0.3 is 0 Å². The van der Waals surface area contributed by atoms with Gasteiger partial charge in [0.2, 0.25) is 5.88 Å². The Morgan fingerprint density at radius 1 is 1.04 bits per heavy atom. The third kappa shape index (κ3) is 4.20. The maximum Gasteiger partial charge on any atom is 0.255 e. The number of aromatic nitrogens is 2. The number of nitrogens with one attached hydrogen (secondary N) is 1. The Bertz CT molecular complexity index is 859. The first-order valence-corrected chi connectivity index (χ1v) is 8.10. The lowest BCUT2D eigenvalue weighted by atomic mass is 10.1. The number of rotatable bonds is 5. The number of benzene rings is 2. The summed E-state index contributed by atoms with van der Waals surface area (Å²) < 4.78 is 5.30. The van der Waals surface area contributed by atoms with E-state index in [9.17, 15) is 4.79 Å². The van der Waals surface area contributed by atoms with E-state index < -0.39 is 0 Å². The maximum absolute atomic E-state index is 12.3. The molecule has 0 saturated heterocycles. The maximum atomic E-state index is 12.3. The quantitative estimate of drug-likeness (QED) is 0.763. The zero-order chi connectivity index (χ0) is 17.6. The Labute approximate surface area is 146 Å². The molecule has 5 nitrogen and oxygen atoms in total. The molecule has 0 saturated carbocycles. The number of carbonyl (C=O) groups is 1. The number of hydrogen-bond donors (Lipinski definition) is 1. The SMILES string of the molecule is CCOc1ccc(-c2cccc(NC(=O)c3ccc(C)cc3)c2)nn1. The van der Waals surface area contributed by atoms with Crippen molar-refractivity contribution >= 4 is 11.6 Å². The lowest BCUT2D eigenvalue weighted by Gasteiger charge is -2.08. The molecule has 1 aromatic heterocycles. The third-order valence-electron chi connectivity index (χ3n) is 3.66. The number of anilines is 1. The molecule has 2 aromatic carbocycles. The lowest BCUT2D eigenvalue weighted by Crippen LogP contribution is -2.11. The first-order valence-electron chi connectivity index (χ1n) is 8.10. The van der Waals surface area contributed by atoms with Gasteiger partial charge in [-0.25, -0.2) is 0 Å². The van der Waals surface area contributed by atoms with Crippen molar-refractivity contribution < 1.29 is 9.53 Å². The van der Waals surface area contributed by atoms with E-state index in [0.717, 1.165) is 16.8 Å². The molecule has 0 radical (unpaired) electrons. The first-order chi connectivity index (χ1) is 12.2. The molecule has 0 aliphatic rings. The molecule has 1 heterocycles. The van der Waals surface area contributed by atoms with Crippen molar-refractivity contribution in [2.75, 3.05) is 11.9 Å². The van der Waals surface area contributed by atoms with Crippen LogP contribution in [0.1, 0.15) is 22.8 Å². The number of carbonyl (C=O) groups excluding carboxylic acids is 1. The molecule has 126 valence electrons. The third-order valence-corrected chi connectivity index (χ3v) is 3.66. The van der Waals surface area contributed by atoms with Crippen LogP contribution in [0, 0.1) is 6.92 Å². The molecule has 0 spiro atoms. The van der Waals surface area contributed by atoms with E-state index in [1.807, 2.05) is 68.4 Å². The van der Waals surface area contributed by atoms with Gasteiger partial charge in [-0.1, -0.05) is 29.8 Å². The number of aryl methyl sites for hydroxylation is 1. The summed E-state index contributed by atoms with van der Waals surface area (Å²) in [6.45, 7) is 4.44. The van der Waals surface area contributed by atoms with Gasteiger partial charge in [0.1, 0.15) is 0 Å². The first kappa shape index (κ1) is 16.6. The molecule has 0 atom stereocenters. The van der Waals surface area contributed by atoms with E-state index in [4.69, 9.17) is 4.74 Å². The second-order valence-electron chi connectivity index (χ2n) is 5.59. The van der Waals surface area contributed by atoms with Gasteiger partial charge < -0.3 is 10.1 Å². The summed E-state index contributed by atoms with van der Waals surface area (Å²) in [5, 5.41) is 11.1. The van der Waals surface area contributed by atoms with E-state index in [0.29, 0.717) is 23.7 Å². The molecule has 0 aliphatic carbocycles. The Morgan fingerprint density at radius 3 is 2.52 bits per heavy atom. The fourth-order valence-corrected chi connectivity index (χ4v) is 2.36. The molecule has 0 aliphatic heterocycles. The molecule has 0 unspecified atom stereocenters. The van der Waals surface area contributed by atoms with Crippen LogP contribution in [-0.4, -0.2) is 22.7 Å². The van der Waals surface area contributed by atoms with Crippen molar-refractivity contribution in [1.29, 1.82) is 0 Å². The molecule has 5 heteroatoms. The van der Waals surface area contributed by atoms with Crippen LogP contribution in [0.5, 0.6) is 5.88 Å². The van der Waals surface area contributed by atoms with E-state index in [-0.39, 0.29) is 5.91 Å². The minimum atomic E-state index is -0.144. The summed E-state index contributed by atoms with van der Waals surface area (Å²) in [6, 6.07) is 18.6. The predicted molar refractivity (Wildman–Crippen MR) is 97.8 cm³/mol. The predicted octanol–water partition coefficient (Wildman–Crippen LogP) is 4.10. The van der Waals surface area contributed by atoms with E-state index in [1.165, 1.54) is 0 Å². The molecule has 0 bridgehead atoms. The number of hydrogen-bond acceptors (Lipinski definition) is 4. The van der Waals surface area contributed by atoms with Crippen LogP contribution in [-0.2, 0) is 0 Å². The Hall–Kier alpha value is -3.21. The fourth-order valence-electron chi connectivity index (χ4n) is 2.36. The van der Waals surface area contributed by atoms with Gasteiger partial charge in [0.15, 0.2) is 0 Å². The summed E-state index contributed by atoms with van der Waals surface area (Å²) in [7, 11) is 0. The Kier molecular flexibility index (Phi) is 5.04. The molecular formula is C20H19N3O2. The Balaban J connectivity index is 1.77. The van der Waals surface area contributed by atoms with Crippen LogP contribution in [0.25, 0.3) is 11.3 Å². The molecule has 25 heavy (non-hydrogen) atoms. The van der Waals surface area contributed by atoms with Crippen LogP contribution in [0.4, 0.5) is 5.69 Å². The monoisotopic (exact) mass is 333 g/mol. The van der Waals surface area contributed by atoms with Crippen LogP contribution >= 0.6 is 0 Å². The van der Waals surface area contributed by atoms with E-state index >= 15 is 0 Å². The van der Waals surface area contributed by atoms with E-state index in [2.05, 4.69) is 15.5 Å². The summed E-state index contributed by atoms with van der Waals surface area (Å²) in [5.41, 5.74) is 4.04. The molecule has 3 aromatic rings. The van der Waals surface area contributed by atoms with Gasteiger partial charge in [0.05, 0.1) is 12.3 Å². The van der Waals surface area contributed by atoms with Crippen molar-refractivity contribution in [2.24, 2.45) is 0 Å². The highest BCUT2D eigenvalue weighted by Crippen LogP contribution is 2.22. The van der Waals surface area contributed by atoms with Gasteiger partial charge in [0, 0.05) is 22.9 Å². The molecule has 3 rings (SSSR count). The standard InChI is InChI=1S/C20H19N3O2/c1-3-25-19-12-11-18(22-23-19)16-5-4-6-17(13-16)21-20(24)15-9-7-14(2)8-10-15/h4-13H,3H2,1-2H3,(H,21,24). The van der Waals surface area contributed by atoms with Crippen molar-refractivity contribution in [1.82, 2.24) is 10.2 Å². The summed E-state index contributed by atoms with van der Waals surface area (Å²) in [6.07, 6.45) is 0. The molecular weight excluding hydrogens is 314 g/mol. The molecule has 1 N–H and O–H groups in total. The second-order valence-corrected chi connectivity index (χ2v) is 5.59. The lowest BCUT2D eigenvalue weighted by molar-refractivity contribution is 0.102. The van der Waals surface area contributed by atoms with Gasteiger partial charge in [-0.15, -0.1) is 10.2 Å². The largest absolute Gasteiger partial charge is 0.477 e. The van der Waals surface area contributed by atoms with Gasteiger partial charge in [-0.2, -0.15) is 0 Å². The van der Waals surface area contributed by atoms with Gasteiger partial charge in [-0.05, 0) is 44.2 Å². The number of amides is 1. The van der Waals surface area contributed by atoms with Crippen molar-refractivity contribution in [3.63, 3.8) is 0 Å². The normalized spacial score (nSPS) is 10.3. The average molecular weight is 333 g/mol. The smallest absolute Gasteiger partial charge is 0.255 e. The van der Waals surface area contributed by atoms with Gasteiger partial charge in [-0.3, -0.25) is 4.79 Å². The van der Waals surface area contributed by atoms with Crippen LogP contribution in [0.3, 0.4) is 0 Å². The van der Waals surface area contributed by atoms with Crippen molar-refractivity contribution in [3.8, 4) is 17.1 Å². The molecule has 1 amide bonds. The fraction of sp³-hybridized carbons (Fsp3) is 0.150. The van der Waals surface area contributed by atoms with Crippen LogP contribution in [0.15, 0.2) is 60.7 Å². The highest BCUT2D eigenvalue weighted by molar-refractivity contribution is 6.04. The van der Waals surface area contributed by atoms with Gasteiger partial charge in [0.25, 0.3) is 5.91 Å². The van der Waals surface area contributed by atoms with Crippen LogP contribution < -0.4 is 10.1 Å². The zero-order valence-electron chi connectivity index (χ0n) is 14.2. The van der Waals surface area contributed by atoms with Crippen molar-refractivity contribution in [2.45, 2.75) is 13.8 Å². The topological polar surface area (TPSA) is 64.1 Å². The molecule has 0 fully saturated rings. The summed E-state index contributed by atoms with van der Waals surface area (Å²) in [4.78, 5) is 12.3. The highest BCUT2D eigenvalue weighted by Gasteiger charge is 2.07.